The van der Waals surface area contributed by atoms with E-state index >= 15 is 0 Å². The van der Waals surface area contributed by atoms with Gasteiger partial charge >= 0.3 is 0 Å². The molecule has 0 bridgehead atoms. The van der Waals surface area contributed by atoms with Gasteiger partial charge in [-0.3, -0.25) is 15.4 Å². The van der Waals surface area contributed by atoms with Crippen LogP contribution in [0, 0.1) is 5.92 Å². The maximum Gasteiger partial charge on any atom is 0.132 e. The summed E-state index contributed by atoms with van der Waals surface area (Å²) in [6.07, 6.45) is 13.2. The van der Waals surface area contributed by atoms with Crippen LogP contribution in [0.3, 0.4) is 0 Å². The molecule has 4 aromatic rings. The van der Waals surface area contributed by atoms with E-state index in [2.05, 4.69) is 51.2 Å². The molecule has 0 aromatic carbocycles. The molecule has 31 heavy (non-hydrogen) atoms. The Balaban J connectivity index is 1.42. The Morgan fingerprint density at radius 3 is 2.81 bits per heavy atom. The molecular weight excluding hydrogens is 388 g/mol. The first-order chi connectivity index (χ1) is 15.2. The first kappa shape index (κ1) is 18.8. The van der Waals surface area contributed by atoms with E-state index in [0.29, 0.717) is 5.92 Å². The van der Waals surface area contributed by atoms with Gasteiger partial charge in [0, 0.05) is 35.9 Å². The summed E-state index contributed by atoms with van der Waals surface area (Å²) in [6, 6.07) is 9.76. The Kier molecular flexibility index (Phi) is 4.80. The lowest BCUT2D eigenvalue weighted by Gasteiger charge is -2.20. The van der Waals surface area contributed by atoms with Crippen molar-refractivity contribution in [2.75, 3.05) is 5.32 Å². The van der Waals surface area contributed by atoms with Crippen molar-refractivity contribution in [2.45, 2.75) is 13.8 Å². The van der Waals surface area contributed by atoms with Gasteiger partial charge in [-0.05, 0) is 47.9 Å². The maximum atomic E-state index is 4.75. The van der Waals surface area contributed by atoms with Crippen LogP contribution in [0.15, 0.2) is 85.0 Å². The van der Waals surface area contributed by atoms with Crippen LogP contribution in [0.5, 0.6) is 0 Å². The molecule has 3 N–H and O–H groups in total. The largest absolute Gasteiger partial charge is 0.325 e. The maximum absolute atomic E-state index is 4.75. The number of nitrogens with zero attached hydrogens (tertiary/aromatic N) is 5. The molecule has 154 valence electrons. The Labute approximate surface area is 179 Å². The highest BCUT2D eigenvalue weighted by Gasteiger charge is 2.10. The quantitative estimate of drug-likeness (QED) is 0.461. The molecule has 0 aliphatic carbocycles. The summed E-state index contributed by atoms with van der Waals surface area (Å²) in [4.78, 5) is 13.5. The van der Waals surface area contributed by atoms with E-state index < -0.39 is 0 Å². The normalized spacial score (nSPS) is 13.4. The van der Waals surface area contributed by atoms with Crippen LogP contribution in [0.4, 0.5) is 5.82 Å². The van der Waals surface area contributed by atoms with Gasteiger partial charge in [0.25, 0.3) is 0 Å². The number of nitrogens with one attached hydrogen (secondary N) is 3. The molecule has 0 saturated carbocycles. The standard InChI is InChI=1S/C23H22N8/c1-15(2)16-9-23(30-26-11-16)29-22-6-5-20-21(28-22)8-17(10-25-20)18-12-27-31(14-18)19-4-3-7-24-13-19/h3-15,26,30H,1-2H3,(H,28,29). The molecule has 0 fully saturated rings. The number of hydrogen-bond acceptors (Lipinski definition) is 7. The van der Waals surface area contributed by atoms with Crippen LogP contribution in [0.2, 0.25) is 0 Å². The number of allylic oxidation sites excluding steroid dienone is 2. The van der Waals surface area contributed by atoms with E-state index in [4.69, 9.17) is 4.98 Å². The van der Waals surface area contributed by atoms with E-state index in [1.165, 1.54) is 5.57 Å². The second-order valence-electron chi connectivity index (χ2n) is 7.59. The van der Waals surface area contributed by atoms with Crippen molar-refractivity contribution in [1.29, 1.82) is 0 Å². The highest BCUT2D eigenvalue weighted by molar-refractivity contribution is 5.81. The molecule has 1 aliphatic rings. The van der Waals surface area contributed by atoms with E-state index in [-0.39, 0.29) is 0 Å². The van der Waals surface area contributed by atoms with Crippen molar-refractivity contribution in [2.24, 2.45) is 5.92 Å². The number of rotatable bonds is 5. The smallest absolute Gasteiger partial charge is 0.132 e. The molecule has 4 aromatic heterocycles. The zero-order chi connectivity index (χ0) is 21.2. The molecule has 0 amide bonds. The van der Waals surface area contributed by atoms with Gasteiger partial charge in [-0.25, -0.2) is 9.67 Å². The van der Waals surface area contributed by atoms with E-state index in [1.54, 1.807) is 17.1 Å². The van der Waals surface area contributed by atoms with Gasteiger partial charge in [0.1, 0.15) is 11.6 Å². The second kappa shape index (κ2) is 7.91. The first-order valence-electron chi connectivity index (χ1n) is 10.1. The van der Waals surface area contributed by atoms with Crippen molar-refractivity contribution >= 4 is 16.9 Å². The molecule has 0 spiro atoms. The lowest BCUT2D eigenvalue weighted by molar-refractivity contribution is 0.677. The number of aromatic nitrogens is 5. The summed E-state index contributed by atoms with van der Waals surface area (Å²) >= 11 is 0. The molecule has 0 radical (unpaired) electrons. The van der Waals surface area contributed by atoms with Gasteiger partial charge in [0.2, 0.25) is 0 Å². The SMILES string of the molecule is CC(C)C1=CNNC(Nc2ccc3ncc(-c4cnn(-c5cccnc5)c4)cc3n2)=C1. The zero-order valence-corrected chi connectivity index (χ0v) is 17.2. The molecule has 0 saturated heterocycles. The third-order valence-corrected chi connectivity index (χ3v) is 5.05. The third kappa shape index (κ3) is 3.95. The van der Waals surface area contributed by atoms with Gasteiger partial charge in [-0.2, -0.15) is 5.10 Å². The lowest BCUT2D eigenvalue weighted by atomic mass is 10.0. The fourth-order valence-electron chi connectivity index (χ4n) is 3.32. The van der Waals surface area contributed by atoms with Crippen LogP contribution in [-0.4, -0.2) is 24.7 Å². The number of hydrogen-bond donors (Lipinski definition) is 3. The summed E-state index contributed by atoms with van der Waals surface area (Å²) in [7, 11) is 0. The van der Waals surface area contributed by atoms with Crippen molar-refractivity contribution in [3.8, 4) is 16.8 Å². The second-order valence-corrected chi connectivity index (χ2v) is 7.59. The molecule has 0 atom stereocenters. The lowest BCUT2D eigenvalue weighted by Crippen LogP contribution is -2.33. The number of anilines is 1. The molecule has 5 rings (SSSR count). The van der Waals surface area contributed by atoms with Crippen LogP contribution < -0.4 is 16.2 Å². The van der Waals surface area contributed by atoms with Gasteiger partial charge < -0.3 is 10.7 Å². The van der Waals surface area contributed by atoms with Crippen LogP contribution >= 0.6 is 0 Å². The predicted molar refractivity (Wildman–Crippen MR) is 121 cm³/mol. The molecule has 8 nitrogen and oxygen atoms in total. The topological polar surface area (TPSA) is 92.6 Å². The van der Waals surface area contributed by atoms with Gasteiger partial charge in [0.15, 0.2) is 0 Å². The van der Waals surface area contributed by atoms with Crippen molar-refractivity contribution < 1.29 is 0 Å². The highest BCUT2D eigenvalue weighted by atomic mass is 15.4. The summed E-state index contributed by atoms with van der Waals surface area (Å²) < 4.78 is 1.80. The van der Waals surface area contributed by atoms with E-state index in [1.807, 2.05) is 55.1 Å². The number of fused-ring (bicyclic) bond motifs is 1. The summed E-state index contributed by atoms with van der Waals surface area (Å²) in [5.41, 5.74) is 11.8. The van der Waals surface area contributed by atoms with Crippen LogP contribution in [0.25, 0.3) is 27.8 Å². The summed E-state index contributed by atoms with van der Waals surface area (Å²) in [5.74, 6) is 2.01. The molecule has 1 aliphatic heterocycles. The molecule has 8 heteroatoms. The Morgan fingerprint density at radius 1 is 1.03 bits per heavy atom. The number of hydrazine groups is 1. The average Bonchev–Trinajstić information content (AvgIpc) is 3.30. The van der Waals surface area contributed by atoms with Crippen molar-refractivity contribution in [3.63, 3.8) is 0 Å². The molecular formula is C23H22N8. The molecule has 5 heterocycles. The zero-order valence-electron chi connectivity index (χ0n) is 17.2. The predicted octanol–water partition coefficient (Wildman–Crippen LogP) is 3.78. The van der Waals surface area contributed by atoms with Gasteiger partial charge in [0.05, 0.1) is 29.1 Å². The van der Waals surface area contributed by atoms with E-state index in [0.717, 1.165) is 39.5 Å². The average molecular weight is 410 g/mol. The van der Waals surface area contributed by atoms with Crippen molar-refractivity contribution in [3.05, 3.63) is 85.0 Å². The summed E-state index contributed by atoms with van der Waals surface area (Å²) in [6.45, 7) is 4.32. The monoisotopic (exact) mass is 410 g/mol. The first-order valence-corrected chi connectivity index (χ1v) is 10.1. The minimum atomic E-state index is 0.426. The number of pyridine rings is 3. The molecule has 0 unspecified atom stereocenters. The Bertz CT molecular complexity index is 1290. The fraction of sp³-hybridized carbons (Fsp3) is 0.130. The summed E-state index contributed by atoms with van der Waals surface area (Å²) in [5, 5.41) is 7.77. The van der Waals surface area contributed by atoms with Gasteiger partial charge in [-0.15, -0.1) is 0 Å². The highest BCUT2D eigenvalue weighted by Crippen LogP contribution is 2.24. The van der Waals surface area contributed by atoms with Crippen LogP contribution in [-0.2, 0) is 0 Å². The van der Waals surface area contributed by atoms with Crippen LogP contribution in [0.1, 0.15) is 13.8 Å². The Morgan fingerprint density at radius 2 is 1.97 bits per heavy atom. The van der Waals surface area contributed by atoms with Crippen molar-refractivity contribution in [1.82, 2.24) is 35.6 Å². The third-order valence-electron chi connectivity index (χ3n) is 5.05. The minimum absolute atomic E-state index is 0.426. The van der Waals surface area contributed by atoms with Gasteiger partial charge in [-0.1, -0.05) is 13.8 Å². The fourth-order valence-corrected chi connectivity index (χ4v) is 3.32. The van der Waals surface area contributed by atoms with E-state index in [9.17, 15) is 0 Å². The Hall–Kier alpha value is -4.20. The minimum Gasteiger partial charge on any atom is -0.325 e.